The van der Waals surface area contributed by atoms with Gasteiger partial charge in [0.05, 0.1) is 6.42 Å². The van der Waals surface area contributed by atoms with E-state index in [2.05, 4.69) is 19.9 Å². The molecule has 0 unspecified atom stereocenters. The maximum atomic E-state index is 11.1. The van der Waals surface area contributed by atoms with Gasteiger partial charge in [-0.1, -0.05) is 13.0 Å². The van der Waals surface area contributed by atoms with E-state index >= 15 is 0 Å². The number of carbonyl (C=O) groups is 1. The Labute approximate surface area is 83.9 Å². The van der Waals surface area contributed by atoms with Gasteiger partial charge in [0.15, 0.2) is 0 Å². The van der Waals surface area contributed by atoms with Gasteiger partial charge in [0.2, 0.25) is 0 Å². The van der Waals surface area contributed by atoms with Crippen molar-refractivity contribution in [3.8, 4) is 5.75 Å². The van der Waals surface area contributed by atoms with Gasteiger partial charge in [-0.2, -0.15) is 0 Å². The summed E-state index contributed by atoms with van der Waals surface area (Å²) < 4.78 is 5.19. The SMILES string of the molecule is CCc1cc2c(cc1C)CCC(=O)O2. The highest BCUT2D eigenvalue weighted by Gasteiger charge is 2.17. The second-order valence-corrected chi connectivity index (χ2v) is 3.71. The topological polar surface area (TPSA) is 26.3 Å². The summed E-state index contributed by atoms with van der Waals surface area (Å²) in [6.07, 6.45) is 2.31. The summed E-state index contributed by atoms with van der Waals surface area (Å²) in [5.41, 5.74) is 3.72. The first kappa shape index (κ1) is 9.25. The molecule has 0 N–H and O–H groups in total. The lowest BCUT2D eigenvalue weighted by molar-refractivity contribution is -0.135. The van der Waals surface area contributed by atoms with E-state index in [1.165, 1.54) is 16.7 Å². The van der Waals surface area contributed by atoms with Crippen LogP contribution in [0.25, 0.3) is 0 Å². The lowest BCUT2D eigenvalue weighted by Gasteiger charge is -2.17. The number of benzene rings is 1. The van der Waals surface area contributed by atoms with Gasteiger partial charge < -0.3 is 4.74 Å². The minimum absolute atomic E-state index is 0.108. The summed E-state index contributed by atoms with van der Waals surface area (Å²) in [5, 5.41) is 0. The number of carbonyl (C=O) groups excluding carboxylic acids is 1. The molecule has 1 aliphatic rings. The summed E-state index contributed by atoms with van der Waals surface area (Å²) in [4.78, 5) is 11.1. The van der Waals surface area contributed by atoms with E-state index in [-0.39, 0.29) is 5.97 Å². The Bertz CT molecular complexity index is 380. The molecule has 1 aromatic rings. The van der Waals surface area contributed by atoms with Crippen molar-refractivity contribution in [1.82, 2.24) is 0 Å². The Kier molecular flexibility index (Phi) is 2.28. The van der Waals surface area contributed by atoms with Gasteiger partial charge in [0.25, 0.3) is 0 Å². The highest BCUT2D eigenvalue weighted by atomic mass is 16.5. The van der Waals surface area contributed by atoms with E-state index in [4.69, 9.17) is 4.74 Å². The maximum Gasteiger partial charge on any atom is 0.311 e. The predicted molar refractivity (Wildman–Crippen MR) is 54.5 cm³/mol. The van der Waals surface area contributed by atoms with Crippen molar-refractivity contribution in [3.05, 3.63) is 28.8 Å². The Morgan fingerprint density at radius 2 is 2.14 bits per heavy atom. The molecule has 74 valence electrons. The Hall–Kier alpha value is -1.31. The van der Waals surface area contributed by atoms with Crippen LogP contribution in [0.5, 0.6) is 5.75 Å². The van der Waals surface area contributed by atoms with Crippen LogP contribution in [-0.4, -0.2) is 5.97 Å². The standard InChI is InChI=1S/C12H14O2/c1-3-9-7-11-10(6-8(9)2)4-5-12(13)14-11/h6-7H,3-5H2,1-2H3. The fourth-order valence-electron chi connectivity index (χ4n) is 1.87. The smallest absolute Gasteiger partial charge is 0.311 e. The maximum absolute atomic E-state index is 11.1. The molecular formula is C12H14O2. The summed E-state index contributed by atoms with van der Waals surface area (Å²) in [6, 6.07) is 4.14. The molecule has 0 radical (unpaired) electrons. The third-order valence-electron chi connectivity index (χ3n) is 2.72. The molecule has 1 aromatic carbocycles. The Morgan fingerprint density at radius 1 is 1.36 bits per heavy atom. The quantitative estimate of drug-likeness (QED) is 0.502. The van der Waals surface area contributed by atoms with Gasteiger partial charge in [-0.25, -0.2) is 0 Å². The van der Waals surface area contributed by atoms with Crippen molar-refractivity contribution in [3.63, 3.8) is 0 Å². The molecule has 0 aromatic heterocycles. The van der Waals surface area contributed by atoms with E-state index < -0.39 is 0 Å². The molecule has 0 spiro atoms. The molecule has 0 aliphatic carbocycles. The molecular weight excluding hydrogens is 176 g/mol. The number of fused-ring (bicyclic) bond motifs is 1. The van der Waals surface area contributed by atoms with Crippen molar-refractivity contribution in [2.75, 3.05) is 0 Å². The number of hydrogen-bond donors (Lipinski definition) is 0. The summed E-state index contributed by atoms with van der Waals surface area (Å²) in [6.45, 7) is 4.22. The average molecular weight is 190 g/mol. The fourth-order valence-corrected chi connectivity index (χ4v) is 1.87. The van der Waals surface area contributed by atoms with Gasteiger partial charge in [0, 0.05) is 0 Å². The second-order valence-electron chi connectivity index (χ2n) is 3.71. The van der Waals surface area contributed by atoms with E-state index in [9.17, 15) is 4.79 Å². The van der Waals surface area contributed by atoms with Crippen LogP contribution in [0.4, 0.5) is 0 Å². The van der Waals surface area contributed by atoms with Crippen molar-refractivity contribution in [2.45, 2.75) is 33.1 Å². The average Bonchev–Trinajstić information content (AvgIpc) is 2.17. The molecule has 1 heterocycles. The Morgan fingerprint density at radius 3 is 2.86 bits per heavy atom. The molecule has 14 heavy (non-hydrogen) atoms. The number of esters is 1. The highest BCUT2D eigenvalue weighted by Crippen LogP contribution is 2.28. The van der Waals surface area contributed by atoms with Crippen LogP contribution < -0.4 is 4.74 Å². The zero-order chi connectivity index (χ0) is 10.1. The summed E-state index contributed by atoms with van der Waals surface area (Å²) in [7, 11) is 0. The largest absolute Gasteiger partial charge is 0.426 e. The third kappa shape index (κ3) is 1.52. The van der Waals surface area contributed by atoms with Crippen molar-refractivity contribution in [2.24, 2.45) is 0 Å². The van der Waals surface area contributed by atoms with Gasteiger partial charge >= 0.3 is 5.97 Å². The molecule has 0 atom stereocenters. The summed E-state index contributed by atoms with van der Waals surface area (Å²) >= 11 is 0. The number of ether oxygens (including phenoxy) is 1. The van der Waals surface area contributed by atoms with Crippen molar-refractivity contribution >= 4 is 5.97 Å². The highest BCUT2D eigenvalue weighted by molar-refractivity contribution is 5.75. The number of aryl methyl sites for hydroxylation is 3. The van der Waals surface area contributed by atoms with Crippen LogP contribution in [0.3, 0.4) is 0 Å². The van der Waals surface area contributed by atoms with Crippen LogP contribution in [-0.2, 0) is 17.6 Å². The summed E-state index contributed by atoms with van der Waals surface area (Å²) in [5.74, 6) is 0.659. The zero-order valence-corrected chi connectivity index (χ0v) is 8.59. The van der Waals surface area contributed by atoms with Crippen LogP contribution in [0, 0.1) is 6.92 Å². The monoisotopic (exact) mass is 190 g/mol. The van der Waals surface area contributed by atoms with Gasteiger partial charge in [-0.05, 0) is 42.5 Å². The van der Waals surface area contributed by atoms with Crippen molar-refractivity contribution < 1.29 is 9.53 Å². The molecule has 0 fully saturated rings. The zero-order valence-electron chi connectivity index (χ0n) is 8.59. The molecule has 0 saturated heterocycles. The van der Waals surface area contributed by atoms with E-state index in [0.29, 0.717) is 6.42 Å². The van der Waals surface area contributed by atoms with E-state index in [0.717, 1.165) is 18.6 Å². The lowest BCUT2D eigenvalue weighted by atomic mass is 9.98. The normalized spacial score (nSPS) is 14.9. The molecule has 0 bridgehead atoms. The lowest BCUT2D eigenvalue weighted by Crippen LogP contribution is -2.16. The van der Waals surface area contributed by atoms with E-state index in [1.807, 2.05) is 6.07 Å². The van der Waals surface area contributed by atoms with Gasteiger partial charge in [0.1, 0.15) is 5.75 Å². The second kappa shape index (κ2) is 3.45. The van der Waals surface area contributed by atoms with Crippen molar-refractivity contribution in [1.29, 1.82) is 0 Å². The molecule has 2 heteroatoms. The van der Waals surface area contributed by atoms with Crippen LogP contribution in [0.2, 0.25) is 0 Å². The Balaban J connectivity index is 2.46. The van der Waals surface area contributed by atoms with Gasteiger partial charge in [-0.3, -0.25) is 4.79 Å². The molecule has 1 aliphatic heterocycles. The van der Waals surface area contributed by atoms with Crippen LogP contribution in [0.15, 0.2) is 12.1 Å². The minimum atomic E-state index is -0.108. The van der Waals surface area contributed by atoms with Crippen LogP contribution >= 0.6 is 0 Å². The third-order valence-corrected chi connectivity index (χ3v) is 2.72. The predicted octanol–water partition coefficient (Wildman–Crippen LogP) is 2.41. The fraction of sp³-hybridized carbons (Fsp3) is 0.417. The van der Waals surface area contributed by atoms with Gasteiger partial charge in [-0.15, -0.1) is 0 Å². The first-order valence-corrected chi connectivity index (χ1v) is 5.03. The first-order chi connectivity index (χ1) is 6.70. The molecule has 0 amide bonds. The van der Waals surface area contributed by atoms with Crippen LogP contribution in [0.1, 0.15) is 30.0 Å². The molecule has 2 rings (SSSR count). The van der Waals surface area contributed by atoms with E-state index in [1.54, 1.807) is 0 Å². The number of hydrogen-bond acceptors (Lipinski definition) is 2. The molecule has 0 saturated carbocycles. The molecule has 2 nitrogen and oxygen atoms in total. The first-order valence-electron chi connectivity index (χ1n) is 5.03. The number of rotatable bonds is 1. The minimum Gasteiger partial charge on any atom is -0.426 e.